The van der Waals surface area contributed by atoms with E-state index in [1.807, 2.05) is 0 Å². The standard InChI is InChI=1S/FH.Na.Nb.3O/h1H;;;;;/q;2*+1;;;-1/p-1. The summed E-state index contributed by atoms with van der Waals surface area (Å²) >= 11 is -6.35. The minimum atomic E-state index is -6.35. The Morgan fingerprint density at radius 1 is 1.50 bits per heavy atom. The Balaban J connectivity index is 0. The number of hydrogen-bond donors (Lipinski definition) is 0. The van der Waals surface area contributed by atoms with Gasteiger partial charge >= 0.3 is 60.7 Å². The maximum absolute atomic E-state index is 10.2. The zero-order chi connectivity index (χ0) is 4.50. The topological polar surface area (TPSA) is 57.2 Å². The van der Waals surface area contributed by atoms with E-state index in [9.17, 15) is 3.02 Å². The van der Waals surface area contributed by atoms with Crippen LogP contribution in [0.5, 0.6) is 0 Å². The molecular weight excluding hydrogens is 183 g/mol. The molecule has 0 spiro atoms. The van der Waals surface area contributed by atoms with Gasteiger partial charge in [-0.3, -0.25) is 0 Å². The Morgan fingerprint density at radius 2 is 1.50 bits per heavy atom. The molecule has 0 aliphatic rings. The van der Waals surface area contributed by atoms with Crippen molar-refractivity contribution in [1.29, 1.82) is 0 Å². The molecule has 0 saturated heterocycles. The van der Waals surface area contributed by atoms with E-state index in [0.29, 0.717) is 0 Å². The second-order valence-electron chi connectivity index (χ2n) is 0.431. The van der Waals surface area contributed by atoms with Gasteiger partial charge in [0, 0.05) is 0 Å². The van der Waals surface area contributed by atoms with Gasteiger partial charge in [-0.25, -0.2) is 0 Å². The third-order valence-electron chi connectivity index (χ3n) is 0. The first-order chi connectivity index (χ1) is 2.00. The molecule has 0 N–H and O–H groups in total. The minimum absolute atomic E-state index is 0. The first-order valence-electron chi connectivity index (χ1n) is 0.717. The van der Waals surface area contributed by atoms with E-state index in [1.54, 1.807) is 0 Å². The SMILES string of the molecule is [Na+].[O]=[Nb](=[O])([O-])[F]. The average molecular weight is 183 g/mol. The molecule has 0 aliphatic carbocycles. The second-order valence-corrected chi connectivity index (χ2v) is 2.55. The van der Waals surface area contributed by atoms with Gasteiger partial charge < -0.3 is 0 Å². The fraction of sp³-hybridized carbons (Fsp3) is 0. The first kappa shape index (κ1) is 10.3. The van der Waals surface area contributed by atoms with Crippen molar-refractivity contribution in [3.8, 4) is 0 Å². The van der Waals surface area contributed by atoms with Crippen LogP contribution in [0.4, 0.5) is 3.02 Å². The van der Waals surface area contributed by atoms with Crippen LogP contribution < -0.4 is 33.2 Å². The van der Waals surface area contributed by atoms with Crippen molar-refractivity contribution in [2.75, 3.05) is 0 Å². The maximum atomic E-state index is 10.2. The molecule has 0 aromatic heterocycles. The molecule has 6 heteroatoms. The molecule has 31 valence electrons. The van der Waals surface area contributed by atoms with Gasteiger partial charge in [0.15, 0.2) is 0 Å². The average Bonchev–Trinajstić information content (AvgIpc) is 0.722. The van der Waals surface area contributed by atoms with Gasteiger partial charge in [0.25, 0.3) is 0 Å². The molecule has 0 unspecified atom stereocenters. The van der Waals surface area contributed by atoms with E-state index in [1.165, 1.54) is 0 Å². The van der Waals surface area contributed by atoms with Crippen LogP contribution in [0.3, 0.4) is 0 Å². The van der Waals surface area contributed by atoms with Crippen LogP contribution >= 0.6 is 0 Å². The number of rotatable bonds is 0. The summed E-state index contributed by atoms with van der Waals surface area (Å²) in [6.07, 6.45) is 0. The summed E-state index contributed by atoms with van der Waals surface area (Å²) in [7, 11) is 0. The fourth-order valence-electron chi connectivity index (χ4n) is 0. The predicted octanol–water partition coefficient (Wildman–Crippen LogP) is -4.00. The van der Waals surface area contributed by atoms with Crippen LogP contribution in [0.1, 0.15) is 0 Å². The Hall–Kier alpha value is 1.23. The Labute approximate surface area is 60.2 Å². The summed E-state index contributed by atoms with van der Waals surface area (Å²) in [6, 6.07) is 0. The molecule has 0 rings (SSSR count). The van der Waals surface area contributed by atoms with Gasteiger partial charge in [0.2, 0.25) is 0 Å². The summed E-state index contributed by atoms with van der Waals surface area (Å²) in [5, 5.41) is 0. The van der Waals surface area contributed by atoms with E-state index in [-0.39, 0.29) is 29.6 Å². The third-order valence-corrected chi connectivity index (χ3v) is 0. The molecule has 0 aromatic carbocycles. The van der Waals surface area contributed by atoms with E-state index in [2.05, 4.69) is 0 Å². The Morgan fingerprint density at radius 3 is 1.50 bits per heavy atom. The van der Waals surface area contributed by atoms with E-state index in [4.69, 9.17) is 10.1 Å². The molecule has 3 nitrogen and oxygen atoms in total. The Kier molecular flexibility index (Phi) is 5.57. The van der Waals surface area contributed by atoms with Gasteiger partial charge in [-0.2, -0.15) is 0 Å². The third kappa shape index (κ3) is 61.8. The number of halogens is 1. The molecule has 0 bridgehead atoms. The zero-order valence-electron chi connectivity index (χ0n) is 3.05. The first-order valence-corrected chi connectivity index (χ1v) is 4.24. The molecule has 6 heavy (non-hydrogen) atoms. The summed E-state index contributed by atoms with van der Waals surface area (Å²) in [4.78, 5) is 0. The van der Waals surface area contributed by atoms with Gasteiger partial charge in [-0.1, -0.05) is 0 Å². The van der Waals surface area contributed by atoms with Crippen LogP contribution in [-0.4, -0.2) is 0 Å². The van der Waals surface area contributed by atoms with Crippen molar-refractivity contribution in [2.24, 2.45) is 0 Å². The molecule has 0 heterocycles. The fourth-order valence-corrected chi connectivity index (χ4v) is 0. The van der Waals surface area contributed by atoms with Crippen LogP contribution in [-0.2, 0) is 24.5 Å². The molecule has 0 aliphatic heterocycles. The summed E-state index contributed by atoms with van der Waals surface area (Å²) in [6.45, 7) is 0. The van der Waals surface area contributed by atoms with Gasteiger partial charge in [-0.05, 0) is 0 Å². The van der Waals surface area contributed by atoms with Crippen molar-refractivity contribution >= 4 is 0 Å². The van der Waals surface area contributed by atoms with E-state index in [0.717, 1.165) is 0 Å². The van der Waals surface area contributed by atoms with Gasteiger partial charge in [-0.15, -0.1) is 0 Å². The summed E-state index contributed by atoms with van der Waals surface area (Å²) in [5.41, 5.74) is 0. The van der Waals surface area contributed by atoms with Crippen molar-refractivity contribution < 1.29 is 60.7 Å². The van der Waals surface area contributed by atoms with Crippen LogP contribution in [0.25, 0.3) is 0 Å². The van der Waals surface area contributed by atoms with Gasteiger partial charge in [0.1, 0.15) is 0 Å². The molecule has 0 atom stereocenters. The molecule has 0 amide bonds. The van der Waals surface area contributed by atoms with Crippen LogP contribution in [0.2, 0.25) is 0 Å². The molecule has 0 saturated carbocycles. The van der Waals surface area contributed by atoms with E-state index < -0.39 is 18.0 Å². The van der Waals surface area contributed by atoms with Crippen molar-refractivity contribution in [3.63, 3.8) is 0 Å². The second kappa shape index (κ2) is 3.26. The summed E-state index contributed by atoms with van der Waals surface area (Å²) < 4.78 is 35.8. The van der Waals surface area contributed by atoms with Crippen LogP contribution in [0, 0.1) is 0 Å². The zero-order valence-corrected chi connectivity index (χ0v) is 7.25. The van der Waals surface area contributed by atoms with Crippen LogP contribution in [0.15, 0.2) is 0 Å². The van der Waals surface area contributed by atoms with E-state index >= 15 is 0 Å². The molecule has 0 fully saturated rings. The Bertz CT molecular complexity index is 94.0. The van der Waals surface area contributed by atoms with Crippen molar-refractivity contribution in [3.05, 3.63) is 0 Å². The number of hydrogen-bond acceptors (Lipinski definition) is 3. The van der Waals surface area contributed by atoms with Gasteiger partial charge in [0.05, 0.1) is 0 Å². The van der Waals surface area contributed by atoms with Crippen molar-refractivity contribution in [2.45, 2.75) is 0 Å². The normalized spacial score (nSPS) is 9.67. The quantitative estimate of drug-likeness (QED) is 0.359. The molecule has 0 aromatic rings. The molecule has 0 radical (unpaired) electrons. The molecular formula is FNaNbO3. The monoisotopic (exact) mass is 183 g/mol. The summed E-state index contributed by atoms with van der Waals surface area (Å²) in [5.74, 6) is 0. The predicted molar refractivity (Wildman–Crippen MR) is 2.48 cm³/mol. The van der Waals surface area contributed by atoms with Crippen molar-refractivity contribution in [1.82, 2.24) is 0 Å².